The number of carbonyl (C=O) groups excluding carboxylic acids is 3. The average Bonchev–Trinajstić information content (AvgIpc) is 2.73. The third kappa shape index (κ3) is 17.0. The normalized spacial score (nSPS) is 13.9. The molecule has 0 saturated carbocycles. The molecule has 31 heavy (non-hydrogen) atoms. The summed E-state index contributed by atoms with van der Waals surface area (Å²) in [6, 6.07) is 0. The zero-order valence-corrected chi connectivity index (χ0v) is 21.0. The van der Waals surface area contributed by atoms with Gasteiger partial charge in [-0.15, -0.1) is 0 Å². The molecular formula is C24H45NO5S. The molecule has 7 heteroatoms. The molecule has 0 rings (SSSR count). The van der Waals surface area contributed by atoms with Crippen molar-refractivity contribution in [2.24, 2.45) is 17.6 Å². The van der Waals surface area contributed by atoms with Crippen LogP contribution in [0.5, 0.6) is 0 Å². The van der Waals surface area contributed by atoms with Gasteiger partial charge in [0.25, 0.3) is 0 Å². The van der Waals surface area contributed by atoms with E-state index < -0.39 is 0 Å². The Morgan fingerprint density at radius 1 is 0.806 bits per heavy atom. The lowest BCUT2D eigenvalue weighted by Crippen LogP contribution is -2.23. The van der Waals surface area contributed by atoms with E-state index in [9.17, 15) is 14.4 Å². The lowest BCUT2D eigenvalue weighted by Gasteiger charge is -2.19. The number of esters is 2. The van der Waals surface area contributed by atoms with Gasteiger partial charge in [0.05, 0.1) is 26.1 Å². The van der Waals surface area contributed by atoms with Crippen LogP contribution in [0.2, 0.25) is 0 Å². The largest absolute Gasteiger partial charge is 0.465 e. The number of thioether (sulfide) groups is 1. The van der Waals surface area contributed by atoms with Crippen molar-refractivity contribution in [1.82, 2.24) is 0 Å². The lowest BCUT2D eigenvalue weighted by molar-refractivity contribution is -0.146. The monoisotopic (exact) mass is 459 g/mol. The number of rotatable bonds is 20. The van der Waals surface area contributed by atoms with Crippen LogP contribution in [0.15, 0.2) is 0 Å². The van der Waals surface area contributed by atoms with Crippen LogP contribution in [-0.2, 0) is 23.9 Å². The third-order valence-corrected chi connectivity index (χ3v) is 6.78. The zero-order chi connectivity index (χ0) is 23.5. The summed E-state index contributed by atoms with van der Waals surface area (Å²) in [5, 5.41) is -0.272. The number of amides is 1. The number of unbranched alkanes of at least 4 members (excludes halogenated alkanes) is 2. The van der Waals surface area contributed by atoms with E-state index in [1.165, 1.54) is 11.8 Å². The second-order valence-electron chi connectivity index (χ2n) is 8.32. The van der Waals surface area contributed by atoms with E-state index in [-0.39, 0.29) is 42.4 Å². The molecule has 0 aromatic heterocycles. The minimum absolute atomic E-state index is 0.135. The first-order valence-corrected chi connectivity index (χ1v) is 13.1. The molecular weight excluding hydrogens is 414 g/mol. The topological polar surface area (TPSA) is 95.7 Å². The molecule has 0 aliphatic rings. The second-order valence-corrected chi connectivity index (χ2v) is 9.72. The van der Waals surface area contributed by atoms with Gasteiger partial charge < -0.3 is 15.2 Å². The summed E-state index contributed by atoms with van der Waals surface area (Å²) in [5.41, 5.74) is 5.22. The number of carbonyl (C=O) groups is 3. The van der Waals surface area contributed by atoms with E-state index in [0.29, 0.717) is 30.8 Å². The van der Waals surface area contributed by atoms with Crippen molar-refractivity contribution in [1.29, 1.82) is 0 Å². The molecule has 182 valence electrons. The Hall–Kier alpha value is -1.24. The first kappa shape index (κ1) is 29.8. The molecule has 0 heterocycles. The smallest absolute Gasteiger partial charge is 0.306 e. The van der Waals surface area contributed by atoms with E-state index in [1.54, 1.807) is 0 Å². The molecule has 0 spiro atoms. The molecule has 0 aliphatic heterocycles. The minimum atomic E-state index is -0.389. The first-order chi connectivity index (χ1) is 14.9. The van der Waals surface area contributed by atoms with Gasteiger partial charge in [0.2, 0.25) is 5.91 Å². The molecule has 0 fully saturated rings. The van der Waals surface area contributed by atoms with Crippen LogP contribution in [0.1, 0.15) is 98.3 Å². The fraction of sp³-hybridized carbons (Fsp3) is 0.875. The molecule has 2 atom stereocenters. The lowest BCUT2D eigenvalue weighted by atomic mass is 10.0. The molecule has 1 amide bonds. The highest BCUT2D eigenvalue weighted by Crippen LogP contribution is 2.22. The molecule has 0 aromatic carbocycles. The van der Waals surface area contributed by atoms with Crippen molar-refractivity contribution < 1.29 is 23.9 Å². The van der Waals surface area contributed by atoms with Crippen LogP contribution >= 0.6 is 11.8 Å². The van der Waals surface area contributed by atoms with Crippen LogP contribution in [0, 0.1) is 11.8 Å². The van der Waals surface area contributed by atoms with Gasteiger partial charge in [-0.05, 0) is 24.7 Å². The highest BCUT2D eigenvalue weighted by Gasteiger charge is 2.22. The number of hydrogen-bond acceptors (Lipinski definition) is 6. The average molecular weight is 460 g/mol. The Kier molecular flexibility index (Phi) is 18.7. The van der Waals surface area contributed by atoms with Crippen molar-refractivity contribution in [2.75, 3.05) is 19.0 Å². The van der Waals surface area contributed by atoms with Gasteiger partial charge in [0.15, 0.2) is 0 Å². The standard InChI is InChI=1S/C24H45NO5S/c1-5-9-11-19(7-3)17-29-23(27)15-21(31-14-13-22(25)26)16-24(28)30-18-20(8-4)12-10-6-2/h19-21H,5-18H2,1-4H3,(H2,25,26). The van der Waals surface area contributed by atoms with E-state index in [0.717, 1.165) is 51.4 Å². The molecule has 0 aromatic rings. The van der Waals surface area contributed by atoms with Crippen molar-refractivity contribution in [3.05, 3.63) is 0 Å². The quantitative estimate of drug-likeness (QED) is 0.249. The molecule has 0 bridgehead atoms. The summed E-state index contributed by atoms with van der Waals surface area (Å²) in [5.74, 6) is 0.248. The Morgan fingerprint density at radius 3 is 1.61 bits per heavy atom. The van der Waals surface area contributed by atoms with E-state index in [4.69, 9.17) is 15.2 Å². The van der Waals surface area contributed by atoms with E-state index in [2.05, 4.69) is 27.7 Å². The number of primary amides is 1. The Balaban J connectivity index is 4.62. The molecule has 0 aliphatic carbocycles. The van der Waals surface area contributed by atoms with Gasteiger partial charge in [0, 0.05) is 17.4 Å². The van der Waals surface area contributed by atoms with Crippen molar-refractivity contribution >= 4 is 29.6 Å². The maximum absolute atomic E-state index is 12.4. The number of hydrogen-bond donors (Lipinski definition) is 1. The van der Waals surface area contributed by atoms with Crippen LogP contribution < -0.4 is 5.73 Å². The van der Waals surface area contributed by atoms with Crippen LogP contribution in [0.25, 0.3) is 0 Å². The number of ether oxygens (including phenoxy) is 2. The van der Waals surface area contributed by atoms with E-state index in [1.807, 2.05) is 0 Å². The minimum Gasteiger partial charge on any atom is -0.465 e. The highest BCUT2D eigenvalue weighted by atomic mass is 32.2. The molecule has 2 unspecified atom stereocenters. The summed E-state index contributed by atoms with van der Waals surface area (Å²) in [6.45, 7) is 9.37. The molecule has 6 nitrogen and oxygen atoms in total. The van der Waals surface area contributed by atoms with Crippen LogP contribution in [-0.4, -0.2) is 42.1 Å². The summed E-state index contributed by atoms with van der Waals surface area (Å²) >= 11 is 1.41. The first-order valence-electron chi connectivity index (χ1n) is 12.1. The summed E-state index contributed by atoms with van der Waals surface area (Å²) < 4.78 is 11.0. The summed E-state index contributed by atoms with van der Waals surface area (Å²) in [4.78, 5) is 35.8. The molecule has 2 N–H and O–H groups in total. The third-order valence-electron chi connectivity index (χ3n) is 5.54. The van der Waals surface area contributed by atoms with Gasteiger partial charge in [-0.3, -0.25) is 14.4 Å². The SMILES string of the molecule is CCCCC(CC)COC(=O)CC(CC(=O)OCC(CC)CCCC)SCCC(N)=O. The van der Waals surface area contributed by atoms with Crippen molar-refractivity contribution in [3.8, 4) is 0 Å². The predicted molar refractivity (Wildman–Crippen MR) is 128 cm³/mol. The number of nitrogens with two attached hydrogens (primary N) is 1. The van der Waals surface area contributed by atoms with Gasteiger partial charge >= 0.3 is 11.9 Å². The Morgan fingerprint density at radius 2 is 1.26 bits per heavy atom. The predicted octanol–water partition coefficient (Wildman–Crippen LogP) is 5.26. The van der Waals surface area contributed by atoms with Gasteiger partial charge in [0.1, 0.15) is 0 Å². The summed E-state index contributed by atoms with van der Waals surface area (Å²) in [7, 11) is 0. The van der Waals surface area contributed by atoms with Crippen LogP contribution in [0.3, 0.4) is 0 Å². The molecule has 0 saturated heterocycles. The Labute approximate surface area is 193 Å². The van der Waals surface area contributed by atoms with E-state index >= 15 is 0 Å². The molecule has 0 radical (unpaired) electrons. The van der Waals surface area contributed by atoms with Crippen LogP contribution in [0.4, 0.5) is 0 Å². The Bertz CT molecular complexity index is 466. The fourth-order valence-electron chi connectivity index (χ4n) is 3.22. The van der Waals surface area contributed by atoms with Crippen molar-refractivity contribution in [3.63, 3.8) is 0 Å². The zero-order valence-electron chi connectivity index (χ0n) is 20.2. The maximum atomic E-state index is 12.4. The summed E-state index contributed by atoms with van der Waals surface area (Å²) in [6.07, 6.45) is 9.07. The maximum Gasteiger partial charge on any atom is 0.306 e. The van der Waals surface area contributed by atoms with Gasteiger partial charge in [-0.1, -0.05) is 66.2 Å². The second kappa shape index (κ2) is 19.4. The highest BCUT2D eigenvalue weighted by molar-refractivity contribution is 7.99. The van der Waals surface area contributed by atoms with Gasteiger partial charge in [-0.25, -0.2) is 0 Å². The fourth-order valence-corrected chi connectivity index (χ4v) is 4.38. The van der Waals surface area contributed by atoms with Gasteiger partial charge in [-0.2, -0.15) is 11.8 Å². The van der Waals surface area contributed by atoms with Crippen molar-refractivity contribution in [2.45, 2.75) is 104 Å².